The SMILES string of the molecule is COC(=O)C(CCC(C)=O)C(=O)OC. The van der Waals surface area contributed by atoms with Gasteiger partial charge in [-0.3, -0.25) is 9.59 Å². The normalized spacial score (nSPS) is 9.71. The number of carbonyl (C=O) groups excluding carboxylic acids is 3. The zero-order chi connectivity index (χ0) is 11.1. The smallest absolute Gasteiger partial charge is 0.320 e. The Morgan fingerprint density at radius 2 is 1.50 bits per heavy atom. The first-order valence-corrected chi connectivity index (χ1v) is 4.18. The number of methoxy groups -OCH3 is 2. The largest absolute Gasteiger partial charge is 0.468 e. The molecule has 5 heteroatoms. The Kier molecular flexibility index (Phi) is 5.52. The number of ether oxygens (including phenoxy) is 2. The summed E-state index contributed by atoms with van der Waals surface area (Å²) in [5.41, 5.74) is 0. The van der Waals surface area contributed by atoms with E-state index in [1.54, 1.807) is 0 Å². The van der Waals surface area contributed by atoms with Gasteiger partial charge in [-0.15, -0.1) is 0 Å². The third kappa shape index (κ3) is 4.02. The summed E-state index contributed by atoms with van der Waals surface area (Å²) >= 11 is 0. The Bertz CT molecular complexity index is 217. The number of hydrogen-bond acceptors (Lipinski definition) is 5. The van der Waals surface area contributed by atoms with Crippen molar-refractivity contribution in [3.63, 3.8) is 0 Å². The molecule has 0 bridgehead atoms. The molecule has 0 amide bonds. The monoisotopic (exact) mass is 202 g/mol. The van der Waals surface area contributed by atoms with Gasteiger partial charge in [0.1, 0.15) is 5.78 Å². The molecular formula is C9H14O5. The standard InChI is InChI=1S/C9H14O5/c1-6(10)4-5-7(8(11)13-2)9(12)14-3/h7H,4-5H2,1-3H3. The van der Waals surface area contributed by atoms with Crippen molar-refractivity contribution in [3.05, 3.63) is 0 Å². The maximum Gasteiger partial charge on any atom is 0.320 e. The quantitative estimate of drug-likeness (QED) is 0.474. The van der Waals surface area contributed by atoms with Crippen molar-refractivity contribution in [3.8, 4) is 0 Å². The van der Waals surface area contributed by atoms with Crippen molar-refractivity contribution in [2.45, 2.75) is 19.8 Å². The molecule has 0 atom stereocenters. The minimum absolute atomic E-state index is 0.0807. The molecule has 0 heterocycles. The average Bonchev–Trinajstić information content (AvgIpc) is 2.16. The Morgan fingerprint density at radius 3 is 1.79 bits per heavy atom. The van der Waals surface area contributed by atoms with Gasteiger partial charge in [0.25, 0.3) is 0 Å². The van der Waals surface area contributed by atoms with Crippen molar-refractivity contribution in [1.29, 1.82) is 0 Å². The van der Waals surface area contributed by atoms with Gasteiger partial charge in [0, 0.05) is 6.42 Å². The predicted molar refractivity (Wildman–Crippen MR) is 47.4 cm³/mol. The Balaban J connectivity index is 4.32. The van der Waals surface area contributed by atoms with Crippen LogP contribution in [-0.4, -0.2) is 31.9 Å². The summed E-state index contributed by atoms with van der Waals surface area (Å²) in [7, 11) is 2.37. The van der Waals surface area contributed by atoms with Gasteiger partial charge in [-0.1, -0.05) is 0 Å². The molecule has 0 radical (unpaired) electrons. The van der Waals surface area contributed by atoms with Crippen molar-refractivity contribution >= 4 is 17.7 Å². The van der Waals surface area contributed by atoms with Crippen LogP contribution in [0.3, 0.4) is 0 Å². The second-order valence-electron chi connectivity index (χ2n) is 2.84. The molecule has 0 aromatic carbocycles. The van der Waals surface area contributed by atoms with Crippen LogP contribution in [0.4, 0.5) is 0 Å². The summed E-state index contributed by atoms with van der Waals surface area (Å²) < 4.78 is 8.83. The van der Waals surface area contributed by atoms with Crippen molar-refractivity contribution < 1.29 is 23.9 Å². The molecule has 5 nitrogen and oxygen atoms in total. The van der Waals surface area contributed by atoms with Gasteiger partial charge in [0.05, 0.1) is 14.2 Å². The van der Waals surface area contributed by atoms with Gasteiger partial charge in [-0.25, -0.2) is 0 Å². The number of rotatable bonds is 5. The fourth-order valence-corrected chi connectivity index (χ4v) is 0.964. The zero-order valence-electron chi connectivity index (χ0n) is 8.53. The Hall–Kier alpha value is -1.39. The summed E-state index contributed by atoms with van der Waals surface area (Å²) in [4.78, 5) is 32.8. The summed E-state index contributed by atoms with van der Waals surface area (Å²) in [5.74, 6) is -2.41. The van der Waals surface area contributed by atoms with Gasteiger partial charge in [-0.2, -0.15) is 0 Å². The molecule has 0 fully saturated rings. The fourth-order valence-electron chi connectivity index (χ4n) is 0.964. The van der Waals surface area contributed by atoms with E-state index in [0.717, 1.165) is 0 Å². The van der Waals surface area contributed by atoms with Crippen LogP contribution in [0.25, 0.3) is 0 Å². The first-order chi connectivity index (χ1) is 6.52. The van der Waals surface area contributed by atoms with E-state index in [2.05, 4.69) is 9.47 Å². The third-order valence-corrected chi connectivity index (χ3v) is 1.76. The third-order valence-electron chi connectivity index (χ3n) is 1.76. The summed E-state index contributed by atoms with van der Waals surface area (Å²) in [6.45, 7) is 1.39. The van der Waals surface area contributed by atoms with E-state index in [1.807, 2.05) is 0 Å². The lowest BCUT2D eigenvalue weighted by Crippen LogP contribution is -2.26. The van der Waals surface area contributed by atoms with Crippen LogP contribution in [0.2, 0.25) is 0 Å². The number of carbonyl (C=O) groups is 3. The molecule has 0 aliphatic carbocycles. The molecule has 80 valence electrons. The zero-order valence-corrected chi connectivity index (χ0v) is 8.53. The van der Waals surface area contributed by atoms with E-state index < -0.39 is 17.9 Å². The van der Waals surface area contributed by atoms with Crippen molar-refractivity contribution in [2.75, 3.05) is 14.2 Å². The highest BCUT2D eigenvalue weighted by Crippen LogP contribution is 2.10. The van der Waals surface area contributed by atoms with E-state index in [9.17, 15) is 14.4 Å². The van der Waals surface area contributed by atoms with Gasteiger partial charge in [0.15, 0.2) is 5.92 Å². The van der Waals surface area contributed by atoms with E-state index >= 15 is 0 Å². The summed E-state index contributed by atoms with van der Waals surface area (Å²) in [6, 6.07) is 0. The van der Waals surface area contributed by atoms with Gasteiger partial charge >= 0.3 is 11.9 Å². The van der Waals surface area contributed by atoms with Crippen molar-refractivity contribution in [2.24, 2.45) is 5.92 Å². The summed E-state index contributed by atoms with van der Waals surface area (Å²) in [6.07, 6.45) is 0.295. The molecule has 0 saturated heterocycles. The molecule has 0 aliphatic rings. The molecule has 0 aromatic heterocycles. The lowest BCUT2D eigenvalue weighted by molar-refractivity contribution is -0.159. The molecule has 0 spiro atoms. The molecule has 0 aromatic rings. The van der Waals surface area contributed by atoms with E-state index in [4.69, 9.17) is 0 Å². The second-order valence-corrected chi connectivity index (χ2v) is 2.84. The molecule has 0 aliphatic heterocycles. The predicted octanol–water partition coefficient (Wildman–Crippen LogP) is 0.318. The Labute approximate surface area is 82.4 Å². The minimum atomic E-state index is -0.992. The molecule has 0 rings (SSSR count). The second kappa shape index (κ2) is 6.12. The van der Waals surface area contributed by atoms with E-state index in [0.29, 0.717) is 0 Å². The fraction of sp³-hybridized carbons (Fsp3) is 0.667. The number of hydrogen-bond donors (Lipinski definition) is 0. The highest BCUT2D eigenvalue weighted by Gasteiger charge is 2.28. The highest BCUT2D eigenvalue weighted by atomic mass is 16.5. The van der Waals surface area contributed by atoms with Crippen LogP contribution < -0.4 is 0 Å². The molecule has 0 N–H and O–H groups in total. The van der Waals surface area contributed by atoms with E-state index in [-0.39, 0.29) is 18.6 Å². The maximum atomic E-state index is 11.1. The maximum absolute atomic E-state index is 11.1. The van der Waals surface area contributed by atoms with Crippen LogP contribution in [0.5, 0.6) is 0 Å². The molecule has 0 saturated carbocycles. The average molecular weight is 202 g/mol. The van der Waals surface area contributed by atoms with Gasteiger partial charge < -0.3 is 14.3 Å². The molecule has 0 unspecified atom stereocenters. The number of Topliss-reactive ketones (excluding diaryl/α,β-unsaturated/α-hetero) is 1. The van der Waals surface area contributed by atoms with E-state index in [1.165, 1.54) is 21.1 Å². The molecule has 14 heavy (non-hydrogen) atoms. The first kappa shape index (κ1) is 12.6. The molecular weight excluding hydrogens is 188 g/mol. The van der Waals surface area contributed by atoms with Crippen molar-refractivity contribution in [1.82, 2.24) is 0 Å². The minimum Gasteiger partial charge on any atom is -0.468 e. The van der Waals surface area contributed by atoms with Crippen LogP contribution in [0, 0.1) is 5.92 Å². The highest BCUT2D eigenvalue weighted by molar-refractivity contribution is 5.95. The van der Waals surface area contributed by atoms with Gasteiger partial charge in [-0.05, 0) is 13.3 Å². The van der Waals surface area contributed by atoms with Crippen LogP contribution >= 0.6 is 0 Å². The topological polar surface area (TPSA) is 69.7 Å². The lowest BCUT2D eigenvalue weighted by Gasteiger charge is -2.10. The summed E-state index contributed by atoms with van der Waals surface area (Å²) in [5, 5.41) is 0. The van der Waals surface area contributed by atoms with Gasteiger partial charge in [0.2, 0.25) is 0 Å². The van der Waals surface area contributed by atoms with Crippen LogP contribution in [0.1, 0.15) is 19.8 Å². The number of esters is 2. The van der Waals surface area contributed by atoms with Crippen LogP contribution in [0.15, 0.2) is 0 Å². The number of ketones is 1. The Morgan fingerprint density at radius 1 is 1.07 bits per heavy atom. The first-order valence-electron chi connectivity index (χ1n) is 4.18. The lowest BCUT2D eigenvalue weighted by atomic mass is 10.0. The van der Waals surface area contributed by atoms with Crippen LogP contribution in [-0.2, 0) is 23.9 Å².